The zero-order valence-electron chi connectivity index (χ0n) is 9.16. The van der Waals surface area contributed by atoms with Crippen LogP contribution in [0.2, 0.25) is 5.02 Å². The lowest BCUT2D eigenvalue weighted by Crippen LogP contribution is -2.20. The Balaban J connectivity index is 2.44. The van der Waals surface area contributed by atoms with Crippen molar-refractivity contribution in [3.8, 4) is 0 Å². The second-order valence-electron chi connectivity index (χ2n) is 3.82. The molecule has 0 bridgehead atoms. The van der Waals surface area contributed by atoms with Crippen molar-refractivity contribution >= 4 is 17.4 Å². The van der Waals surface area contributed by atoms with E-state index in [0.717, 1.165) is 18.1 Å². The smallest absolute Gasteiger partial charge is 0.131 e. The highest BCUT2D eigenvalue weighted by Crippen LogP contribution is 2.12. The molecule has 0 radical (unpaired) electrons. The molecule has 0 aliphatic carbocycles. The Morgan fingerprint density at radius 2 is 2.20 bits per heavy atom. The Bertz CT molecular complexity index is 338. The van der Waals surface area contributed by atoms with E-state index in [0.29, 0.717) is 6.42 Å². The average molecular weight is 226 g/mol. The second kappa shape index (κ2) is 5.89. The predicted molar refractivity (Wildman–Crippen MR) is 63.1 cm³/mol. The number of hydrogen-bond donors (Lipinski definition) is 0. The van der Waals surface area contributed by atoms with Crippen LogP contribution in [0.3, 0.4) is 0 Å². The van der Waals surface area contributed by atoms with Gasteiger partial charge in [-0.25, -0.2) is 0 Å². The SMILES string of the molecule is CC(=O)CCN(C)Cc1cccc(Cl)c1. The molecule has 0 aromatic heterocycles. The van der Waals surface area contributed by atoms with Crippen LogP contribution in [0.1, 0.15) is 18.9 Å². The van der Waals surface area contributed by atoms with E-state index in [1.165, 1.54) is 5.56 Å². The summed E-state index contributed by atoms with van der Waals surface area (Å²) in [6.45, 7) is 3.24. The molecule has 82 valence electrons. The Hall–Kier alpha value is -0.860. The number of Topliss-reactive ketones (excluding diaryl/α,β-unsaturated/α-hetero) is 1. The zero-order valence-corrected chi connectivity index (χ0v) is 9.92. The fourth-order valence-electron chi connectivity index (χ4n) is 1.37. The molecule has 0 N–H and O–H groups in total. The third-order valence-corrected chi connectivity index (χ3v) is 2.42. The lowest BCUT2D eigenvalue weighted by atomic mass is 10.2. The van der Waals surface area contributed by atoms with Gasteiger partial charge in [0, 0.05) is 24.5 Å². The lowest BCUT2D eigenvalue weighted by Gasteiger charge is -2.15. The summed E-state index contributed by atoms with van der Waals surface area (Å²) in [5, 5.41) is 0.757. The summed E-state index contributed by atoms with van der Waals surface area (Å²) in [5.41, 5.74) is 1.17. The Morgan fingerprint density at radius 1 is 1.47 bits per heavy atom. The molecular weight excluding hydrogens is 210 g/mol. The van der Waals surface area contributed by atoms with Crippen LogP contribution in [0, 0.1) is 0 Å². The molecule has 0 unspecified atom stereocenters. The number of benzene rings is 1. The minimum atomic E-state index is 0.230. The molecule has 1 rings (SSSR count). The quantitative estimate of drug-likeness (QED) is 0.768. The van der Waals surface area contributed by atoms with E-state index in [1.54, 1.807) is 6.92 Å². The number of hydrogen-bond acceptors (Lipinski definition) is 2. The largest absolute Gasteiger partial charge is 0.302 e. The van der Waals surface area contributed by atoms with Crippen molar-refractivity contribution in [2.45, 2.75) is 19.9 Å². The van der Waals surface area contributed by atoms with Crippen LogP contribution in [-0.2, 0) is 11.3 Å². The number of nitrogens with zero attached hydrogens (tertiary/aromatic N) is 1. The minimum Gasteiger partial charge on any atom is -0.302 e. The molecule has 0 saturated carbocycles. The topological polar surface area (TPSA) is 20.3 Å². The first-order valence-corrected chi connectivity index (χ1v) is 5.38. The molecule has 0 aliphatic heterocycles. The van der Waals surface area contributed by atoms with Crippen molar-refractivity contribution in [1.82, 2.24) is 4.90 Å². The van der Waals surface area contributed by atoms with E-state index in [-0.39, 0.29) is 5.78 Å². The van der Waals surface area contributed by atoms with Gasteiger partial charge in [-0.05, 0) is 31.7 Å². The van der Waals surface area contributed by atoms with Gasteiger partial charge in [-0.3, -0.25) is 4.79 Å². The lowest BCUT2D eigenvalue weighted by molar-refractivity contribution is -0.117. The molecule has 15 heavy (non-hydrogen) atoms. The third kappa shape index (κ3) is 4.96. The molecule has 0 saturated heterocycles. The molecule has 0 amide bonds. The van der Waals surface area contributed by atoms with Gasteiger partial charge >= 0.3 is 0 Å². The van der Waals surface area contributed by atoms with Gasteiger partial charge in [0.05, 0.1) is 0 Å². The molecule has 1 aromatic rings. The van der Waals surface area contributed by atoms with Gasteiger partial charge in [0.1, 0.15) is 5.78 Å². The maximum absolute atomic E-state index is 10.8. The van der Waals surface area contributed by atoms with Crippen LogP contribution in [-0.4, -0.2) is 24.3 Å². The molecule has 1 aromatic carbocycles. The maximum Gasteiger partial charge on any atom is 0.131 e. The number of ketones is 1. The van der Waals surface area contributed by atoms with E-state index < -0.39 is 0 Å². The van der Waals surface area contributed by atoms with Crippen LogP contribution < -0.4 is 0 Å². The number of carbonyl (C=O) groups is 1. The summed E-state index contributed by atoms with van der Waals surface area (Å²) in [6.07, 6.45) is 0.608. The highest BCUT2D eigenvalue weighted by molar-refractivity contribution is 6.30. The van der Waals surface area contributed by atoms with Crippen LogP contribution >= 0.6 is 11.6 Å². The van der Waals surface area contributed by atoms with Crippen molar-refractivity contribution in [3.63, 3.8) is 0 Å². The summed E-state index contributed by atoms with van der Waals surface area (Å²) >= 11 is 5.88. The molecule has 0 heterocycles. The molecule has 2 nitrogen and oxygen atoms in total. The highest BCUT2D eigenvalue weighted by Gasteiger charge is 2.02. The Kier molecular flexibility index (Phi) is 4.79. The molecular formula is C12H16ClNO. The average Bonchev–Trinajstić information content (AvgIpc) is 2.15. The second-order valence-corrected chi connectivity index (χ2v) is 4.26. The fourth-order valence-corrected chi connectivity index (χ4v) is 1.59. The Labute approximate surface area is 95.8 Å². The van der Waals surface area contributed by atoms with Crippen molar-refractivity contribution in [2.75, 3.05) is 13.6 Å². The highest BCUT2D eigenvalue weighted by atomic mass is 35.5. The zero-order chi connectivity index (χ0) is 11.3. The van der Waals surface area contributed by atoms with Gasteiger partial charge in [-0.15, -0.1) is 0 Å². The van der Waals surface area contributed by atoms with Gasteiger partial charge in [0.2, 0.25) is 0 Å². The van der Waals surface area contributed by atoms with Gasteiger partial charge in [0.25, 0.3) is 0 Å². The predicted octanol–water partition coefficient (Wildman–Crippen LogP) is 2.75. The van der Waals surface area contributed by atoms with Crippen LogP contribution in [0.15, 0.2) is 24.3 Å². The van der Waals surface area contributed by atoms with Crippen LogP contribution in [0.5, 0.6) is 0 Å². The van der Waals surface area contributed by atoms with Gasteiger partial charge in [0.15, 0.2) is 0 Å². The third-order valence-electron chi connectivity index (χ3n) is 2.19. The first-order valence-electron chi connectivity index (χ1n) is 5.00. The first-order chi connectivity index (χ1) is 7.08. The number of carbonyl (C=O) groups excluding carboxylic acids is 1. The van der Waals surface area contributed by atoms with Gasteiger partial charge in [-0.2, -0.15) is 0 Å². The van der Waals surface area contributed by atoms with E-state index in [9.17, 15) is 4.79 Å². The van der Waals surface area contributed by atoms with Crippen molar-refractivity contribution in [3.05, 3.63) is 34.9 Å². The normalized spacial score (nSPS) is 10.7. The summed E-state index contributed by atoms with van der Waals surface area (Å²) in [6, 6.07) is 7.79. The summed E-state index contributed by atoms with van der Waals surface area (Å²) in [7, 11) is 2.00. The van der Waals surface area contributed by atoms with Gasteiger partial charge in [-0.1, -0.05) is 23.7 Å². The van der Waals surface area contributed by atoms with E-state index >= 15 is 0 Å². The summed E-state index contributed by atoms with van der Waals surface area (Å²) in [4.78, 5) is 12.9. The van der Waals surface area contributed by atoms with Crippen LogP contribution in [0.4, 0.5) is 0 Å². The standard InChI is InChI=1S/C12H16ClNO/c1-10(15)6-7-14(2)9-11-4-3-5-12(13)8-11/h3-5,8H,6-7,9H2,1-2H3. The molecule has 0 atom stereocenters. The van der Waals surface area contributed by atoms with Crippen LogP contribution in [0.25, 0.3) is 0 Å². The molecule has 0 spiro atoms. The van der Waals surface area contributed by atoms with Crippen molar-refractivity contribution in [1.29, 1.82) is 0 Å². The maximum atomic E-state index is 10.8. The fraction of sp³-hybridized carbons (Fsp3) is 0.417. The minimum absolute atomic E-state index is 0.230. The van der Waals surface area contributed by atoms with E-state index in [1.807, 2.05) is 31.3 Å². The molecule has 0 aliphatic rings. The summed E-state index contributed by atoms with van der Waals surface area (Å²) < 4.78 is 0. The van der Waals surface area contributed by atoms with E-state index in [4.69, 9.17) is 11.6 Å². The first kappa shape index (κ1) is 12.2. The van der Waals surface area contributed by atoms with Crippen molar-refractivity contribution < 1.29 is 4.79 Å². The molecule has 3 heteroatoms. The number of rotatable bonds is 5. The monoisotopic (exact) mass is 225 g/mol. The van der Waals surface area contributed by atoms with Gasteiger partial charge < -0.3 is 4.90 Å². The molecule has 0 fully saturated rings. The summed E-state index contributed by atoms with van der Waals surface area (Å²) in [5.74, 6) is 0.230. The van der Waals surface area contributed by atoms with E-state index in [2.05, 4.69) is 4.90 Å². The number of halogens is 1. The van der Waals surface area contributed by atoms with Crippen molar-refractivity contribution in [2.24, 2.45) is 0 Å². The Morgan fingerprint density at radius 3 is 2.80 bits per heavy atom.